The highest BCUT2D eigenvalue weighted by atomic mass is 19.4. The summed E-state index contributed by atoms with van der Waals surface area (Å²) in [6.45, 7) is 7.82. The highest BCUT2D eigenvalue weighted by Gasteiger charge is 2.32. The molecule has 0 spiro atoms. The Balaban J connectivity index is 2.09. The largest absolute Gasteiger partial charge is 0.433 e. The Morgan fingerprint density at radius 3 is 2.36 bits per heavy atom. The molecule has 1 heterocycles. The van der Waals surface area contributed by atoms with Crippen LogP contribution in [0.1, 0.15) is 56.4 Å². The van der Waals surface area contributed by atoms with Gasteiger partial charge in [0.25, 0.3) is 0 Å². The van der Waals surface area contributed by atoms with Crippen LogP contribution in [0, 0.1) is 17.5 Å². The summed E-state index contributed by atoms with van der Waals surface area (Å²) >= 11 is 0. The van der Waals surface area contributed by atoms with E-state index >= 15 is 0 Å². The number of benzene rings is 1. The summed E-state index contributed by atoms with van der Waals surface area (Å²) < 4.78 is 95.3. The van der Waals surface area contributed by atoms with E-state index in [1.54, 1.807) is 0 Å². The van der Waals surface area contributed by atoms with E-state index in [4.69, 9.17) is 0 Å². The first-order chi connectivity index (χ1) is 20.0. The fraction of sp³-hybridized carbons (Fsp3) is 0.344. The summed E-state index contributed by atoms with van der Waals surface area (Å²) in [7, 11) is 0. The van der Waals surface area contributed by atoms with Crippen LogP contribution in [0.3, 0.4) is 0 Å². The van der Waals surface area contributed by atoms with Gasteiger partial charge in [0.2, 0.25) is 0 Å². The van der Waals surface area contributed by atoms with Gasteiger partial charge in [-0.15, -0.1) is 0 Å². The van der Waals surface area contributed by atoms with Crippen LogP contribution in [-0.2, 0) is 12.6 Å². The first kappa shape index (κ1) is 32.8. The van der Waals surface area contributed by atoms with Crippen LogP contribution in [0.15, 0.2) is 83.4 Å². The van der Waals surface area contributed by atoms with Gasteiger partial charge in [0, 0.05) is 47.8 Å². The van der Waals surface area contributed by atoms with Gasteiger partial charge < -0.3 is 10.6 Å². The molecule has 1 saturated carbocycles. The normalized spacial score (nSPS) is 14.5. The summed E-state index contributed by atoms with van der Waals surface area (Å²) in [5, 5.41) is 6.58. The van der Waals surface area contributed by atoms with Crippen molar-refractivity contribution in [3.63, 3.8) is 0 Å². The Bertz CT molecular complexity index is 1380. The van der Waals surface area contributed by atoms with E-state index in [0.29, 0.717) is 40.7 Å². The molecule has 0 radical (unpaired) electrons. The summed E-state index contributed by atoms with van der Waals surface area (Å²) in [6.07, 6.45) is 4.53. The lowest BCUT2D eigenvalue weighted by Crippen LogP contribution is -2.20. The summed E-state index contributed by atoms with van der Waals surface area (Å²) in [5.74, 6) is -3.35. The second-order valence-corrected chi connectivity index (χ2v) is 10.0. The average Bonchev–Trinajstić information content (AvgIpc) is 3.80. The van der Waals surface area contributed by atoms with Crippen LogP contribution in [0.25, 0.3) is 5.57 Å². The minimum Gasteiger partial charge on any atom is -0.355 e. The molecule has 226 valence electrons. The second-order valence-electron chi connectivity index (χ2n) is 10.0. The lowest BCUT2D eigenvalue weighted by atomic mass is 9.98. The van der Waals surface area contributed by atoms with Crippen molar-refractivity contribution >= 4 is 5.57 Å². The SMILES string of the molecule is C=C/C(NC(=C1CC1)/C(=C/CNCCCC)Cc1cc(F)c(F)cc1F)=C(\C=C(/C)CF)c1ccc(C(F)(F)F)nc1. The molecule has 3 rings (SSSR count). The van der Waals surface area contributed by atoms with Gasteiger partial charge in [-0.25, -0.2) is 17.6 Å². The minimum absolute atomic E-state index is 0.0428. The minimum atomic E-state index is -4.63. The third-order valence-electron chi connectivity index (χ3n) is 6.57. The highest BCUT2D eigenvalue weighted by molar-refractivity contribution is 5.79. The number of nitrogens with one attached hydrogen (secondary N) is 2. The fourth-order valence-electron chi connectivity index (χ4n) is 4.16. The smallest absolute Gasteiger partial charge is 0.355 e. The van der Waals surface area contributed by atoms with Crippen LogP contribution in [-0.4, -0.2) is 24.7 Å². The van der Waals surface area contributed by atoms with Crippen LogP contribution >= 0.6 is 0 Å². The maximum absolute atomic E-state index is 14.7. The van der Waals surface area contributed by atoms with Crippen LogP contribution in [0.4, 0.5) is 30.7 Å². The molecule has 42 heavy (non-hydrogen) atoms. The van der Waals surface area contributed by atoms with Crippen LogP contribution in [0.2, 0.25) is 0 Å². The Morgan fingerprint density at radius 2 is 1.79 bits per heavy atom. The third-order valence-corrected chi connectivity index (χ3v) is 6.57. The molecule has 1 aliphatic carbocycles. The average molecular weight is 594 g/mol. The Hall–Kier alpha value is -3.66. The first-order valence-corrected chi connectivity index (χ1v) is 13.6. The molecule has 2 N–H and O–H groups in total. The molecule has 0 atom stereocenters. The number of nitrogens with zero attached hydrogens (tertiary/aromatic N) is 1. The Morgan fingerprint density at radius 1 is 1.07 bits per heavy atom. The van der Waals surface area contributed by atoms with Crippen molar-refractivity contribution in [3.8, 4) is 0 Å². The lowest BCUT2D eigenvalue weighted by Gasteiger charge is -2.20. The Labute approximate surface area is 241 Å². The van der Waals surface area contributed by atoms with Crippen molar-refractivity contribution in [1.29, 1.82) is 0 Å². The fourth-order valence-corrected chi connectivity index (χ4v) is 4.16. The van der Waals surface area contributed by atoms with E-state index in [9.17, 15) is 30.7 Å². The number of allylic oxidation sites excluding steroid dienone is 6. The lowest BCUT2D eigenvalue weighted by molar-refractivity contribution is -0.141. The van der Waals surface area contributed by atoms with Gasteiger partial charge in [-0.3, -0.25) is 4.98 Å². The van der Waals surface area contributed by atoms with Gasteiger partial charge >= 0.3 is 6.18 Å². The molecule has 1 aromatic heterocycles. The molecule has 0 bridgehead atoms. The maximum Gasteiger partial charge on any atom is 0.433 e. The van der Waals surface area contributed by atoms with Crippen molar-refractivity contribution in [2.75, 3.05) is 19.8 Å². The molecule has 3 nitrogen and oxygen atoms in total. The summed E-state index contributed by atoms with van der Waals surface area (Å²) in [4.78, 5) is 3.54. The number of unbranched alkanes of at least 4 members (excludes halogenated alkanes) is 1. The van der Waals surface area contributed by atoms with Gasteiger partial charge in [0.15, 0.2) is 11.6 Å². The molecular formula is C32H34F7N3. The van der Waals surface area contributed by atoms with Crippen molar-refractivity contribution in [1.82, 2.24) is 15.6 Å². The first-order valence-electron chi connectivity index (χ1n) is 13.6. The number of hydrogen-bond acceptors (Lipinski definition) is 3. The maximum atomic E-state index is 14.7. The summed E-state index contributed by atoms with van der Waals surface area (Å²) in [5.41, 5.74) is 2.38. The standard InChI is InChI=1S/C32H34F7N3/c1-4-6-12-40-13-11-22(15-24-16-27(35)28(36)17-26(24)34)31(21-7-8-21)42-29(5-2)25(14-20(3)18-33)23-9-10-30(41-19-23)32(37,38)39/h5,9-11,14,16-17,19,40,42H,2,4,6-8,12-13,15,18H2,1,3H3/b20-14+,22-11+,29-25-. The van der Waals surface area contributed by atoms with Crippen molar-refractivity contribution in [3.05, 3.63) is 118 Å². The van der Waals surface area contributed by atoms with Gasteiger partial charge in [0.1, 0.15) is 18.2 Å². The van der Waals surface area contributed by atoms with E-state index in [1.165, 1.54) is 25.1 Å². The predicted molar refractivity (Wildman–Crippen MR) is 151 cm³/mol. The van der Waals surface area contributed by atoms with E-state index in [-0.39, 0.29) is 17.5 Å². The topological polar surface area (TPSA) is 37.0 Å². The van der Waals surface area contributed by atoms with E-state index < -0.39 is 36.0 Å². The van der Waals surface area contributed by atoms with Crippen LogP contribution < -0.4 is 10.6 Å². The molecule has 1 aromatic carbocycles. The molecule has 2 aromatic rings. The zero-order valence-corrected chi connectivity index (χ0v) is 23.6. The van der Waals surface area contributed by atoms with E-state index in [1.807, 2.05) is 6.08 Å². The van der Waals surface area contributed by atoms with Gasteiger partial charge in [-0.2, -0.15) is 13.2 Å². The summed E-state index contributed by atoms with van der Waals surface area (Å²) in [6, 6.07) is 3.42. The number of halogens is 7. The predicted octanol–water partition coefficient (Wildman–Crippen LogP) is 8.53. The molecule has 0 unspecified atom stereocenters. The highest BCUT2D eigenvalue weighted by Crippen LogP contribution is 2.36. The monoisotopic (exact) mass is 593 g/mol. The second kappa shape index (κ2) is 15.0. The van der Waals surface area contributed by atoms with Crippen molar-refractivity contribution in [2.24, 2.45) is 0 Å². The van der Waals surface area contributed by atoms with Gasteiger partial charge in [0.05, 0.1) is 0 Å². The third kappa shape index (κ3) is 9.17. The van der Waals surface area contributed by atoms with E-state index in [2.05, 4.69) is 29.1 Å². The number of alkyl halides is 4. The molecule has 0 saturated heterocycles. The Kier molecular flexibility index (Phi) is 11.7. The number of rotatable bonds is 14. The molecule has 0 amide bonds. The van der Waals surface area contributed by atoms with Crippen molar-refractivity contribution in [2.45, 2.75) is 52.1 Å². The van der Waals surface area contributed by atoms with E-state index in [0.717, 1.165) is 56.1 Å². The quantitative estimate of drug-likeness (QED) is 0.0998. The molecule has 1 fully saturated rings. The zero-order chi connectivity index (χ0) is 30.9. The molecular weight excluding hydrogens is 559 g/mol. The molecule has 10 heteroatoms. The zero-order valence-electron chi connectivity index (χ0n) is 23.6. The number of hydrogen-bond donors (Lipinski definition) is 2. The van der Waals surface area contributed by atoms with Gasteiger partial charge in [-0.1, -0.05) is 38.1 Å². The number of pyridine rings is 1. The molecule has 1 aliphatic rings. The van der Waals surface area contributed by atoms with Crippen LogP contribution in [0.5, 0.6) is 0 Å². The molecule has 0 aliphatic heterocycles. The van der Waals surface area contributed by atoms with Crippen molar-refractivity contribution < 1.29 is 30.7 Å². The number of aromatic nitrogens is 1. The van der Waals surface area contributed by atoms with Gasteiger partial charge in [-0.05, 0) is 73.2 Å².